The van der Waals surface area contributed by atoms with Crippen LogP contribution in [0, 0.1) is 0 Å². The molecule has 0 amide bonds. The molecule has 1 aromatic carbocycles. The molecular weight excluding hydrogens is 382 g/mol. The number of nitrogens with zero attached hydrogens (tertiary/aromatic N) is 3. The van der Waals surface area contributed by atoms with E-state index in [2.05, 4.69) is 4.98 Å². The van der Waals surface area contributed by atoms with Gasteiger partial charge in [-0.15, -0.1) is 11.3 Å². The van der Waals surface area contributed by atoms with Crippen molar-refractivity contribution in [2.45, 2.75) is 13.2 Å². The van der Waals surface area contributed by atoms with Gasteiger partial charge in [-0.1, -0.05) is 30.3 Å². The van der Waals surface area contributed by atoms with Gasteiger partial charge in [-0.3, -0.25) is 13.9 Å². The second-order valence-electron chi connectivity index (χ2n) is 6.05. The summed E-state index contributed by atoms with van der Waals surface area (Å²) in [6.07, 6.45) is 2.83. The van der Waals surface area contributed by atoms with Gasteiger partial charge in [-0.2, -0.15) is 0 Å². The molecule has 0 saturated carbocycles. The normalized spacial score (nSPS) is 11.0. The van der Waals surface area contributed by atoms with Gasteiger partial charge in [-0.05, 0) is 11.6 Å². The SMILES string of the molecule is Cn1c(=O)n(Cc2ccccc2)c(=O)c2cc(C(=O)OCc3ncco3)sc21. The average Bonchev–Trinajstić information content (AvgIpc) is 3.38. The van der Waals surface area contributed by atoms with Gasteiger partial charge in [0.25, 0.3) is 5.56 Å². The number of oxazole rings is 1. The lowest BCUT2D eigenvalue weighted by molar-refractivity contribution is 0.0444. The van der Waals surface area contributed by atoms with Crippen LogP contribution in [-0.4, -0.2) is 20.1 Å². The van der Waals surface area contributed by atoms with E-state index in [4.69, 9.17) is 9.15 Å². The van der Waals surface area contributed by atoms with E-state index in [9.17, 15) is 14.4 Å². The molecule has 0 bridgehead atoms. The number of hydrogen-bond acceptors (Lipinski definition) is 7. The Bertz CT molecular complexity index is 1250. The molecule has 3 heterocycles. The van der Waals surface area contributed by atoms with Crippen LogP contribution in [-0.2, 0) is 24.9 Å². The Balaban J connectivity index is 1.70. The predicted molar refractivity (Wildman–Crippen MR) is 102 cm³/mol. The smallest absolute Gasteiger partial charge is 0.348 e. The van der Waals surface area contributed by atoms with Gasteiger partial charge in [-0.25, -0.2) is 14.6 Å². The van der Waals surface area contributed by atoms with Crippen LogP contribution in [0.3, 0.4) is 0 Å². The van der Waals surface area contributed by atoms with E-state index in [1.807, 2.05) is 30.3 Å². The Morgan fingerprint density at radius 3 is 2.75 bits per heavy atom. The number of carbonyl (C=O) groups excluding carboxylic acids is 1. The molecule has 0 radical (unpaired) electrons. The highest BCUT2D eigenvalue weighted by atomic mass is 32.1. The fourth-order valence-electron chi connectivity index (χ4n) is 2.81. The van der Waals surface area contributed by atoms with E-state index in [1.54, 1.807) is 7.05 Å². The number of benzene rings is 1. The lowest BCUT2D eigenvalue weighted by Crippen LogP contribution is -2.38. The highest BCUT2D eigenvalue weighted by Crippen LogP contribution is 2.23. The number of ether oxygens (including phenoxy) is 1. The number of aromatic nitrogens is 3. The van der Waals surface area contributed by atoms with Crippen molar-refractivity contribution in [1.29, 1.82) is 0 Å². The number of aryl methyl sites for hydroxylation is 1. The van der Waals surface area contributed by atoms with Gasteiger partial charge >= 0.3 is 11.7 Å². The maximum absolute atomic E-state index is 12.9. The van der Waals surface area contributed by atoms with Gasteiger partial charge in [0.1, 0.15) is 16.0 Å². The number of thiophene rings is 1. The quantitative estimate of drug-likeness (QED) is 0.479. The molecule has 142 valence electrons. The molecule has 0 N–H and O–H groups in total. The maximum atomic E-state index is 12.9. The molecule has 0 fully saturated rings. The van der Waals surface area contributed by atoms with Crippen molar-refractivity contribution in [3.05, 3.63) is 86.0 Å². The molecule has 0 aliphatic carbocycles. The third-order valence-electron chi connectivity index (χ3n) is 4.21. The minimum absolute atomic E-state index is 0.114. The van der Waals surface area contributed by atoms with Gasteiger partial charge in [0.15, 0.2) is 6.61 Å². The van der Waals surface area contributed by atoms with Crippen molar-refractivity contribution >= 4 is 27.5 Å². The third-order valence-corrected chi connectivity index (χ3v) is 5.40. The molecule has 0 spiro atoms. The van der Waals surface area contributed by atoms with E-state index < -0.39 is 17.2 Å². The molecule has 9 heteroatoms. The first-order chi connectivity index (χ1) is 13.5. The van der Waals surface area contributed by atoms with E-state index >= 15 is 0 Å². The lowest BCUT2D eigenvalue weighted by atomic mass is 10.2. The zero-order chi connectivity index (χ0) is 19.7. The topological polar surface area (TPSA) is 96.3 Å². The van der Waals surface area contributed by atoms with Gasteiger partial charge in [0, 0.05) is 7.05 Å². The summed E-state index contributed by atoms with van der Waals surface area (Å²) in [6.45, 7) is 0.0410. The minimum Gasteiger partial charge on any atom is -0.451 e. The summed E-state index contributed by atoms with van der Waals surface area (Å²) in [6, 6.07) is 10.7. The fourth-order valence-corrected chi connectivity index (χ4v) is 3.81. The van der Waals surface area contributed by atoms with Crippen molar-refractivity contribution in [2.75, 3.05) is 0 Å². The Kier molecular flexibility index (Phi) is 4.66. The Labute approximate surface area is 162 Å². The largest absolute Gasteiger partial charge is 0.451 e. The van der Waals surface area contributed by atoms with Crippen LogP contribution >= 0.6 is 11.3 Å². The van der Waals surface area contributed by atoms with Crippen LogP contribution in [0.1, 0.15) is 21.1 Å². The van der Waals surface area contributed by atoms with E-state index in [-0.39, 0.29) is 23.9 Å². The second kappa shape index (κ2) is 7.28. The van der Waals surface area contributed by atoms with Gasteiger partial charge < -0.3 is 9.15 Å². The highest BCUT2D eigenvalue weighted by Gasteiger charge is 2.19. The van der Waals surface area contributed by atoms with Crippen LogP contribution in [0.2, 0.25) is 0 Å². The number of esters is 1. The van der Waals surface area contributed by atoms with Crippen LogP contribution in [0.25, 0.3) is 10.2 Å². The summed E-state index contributed by atoms with van der Waals surface area (Å²) in [7, 11) is 1.57. The number of rotatable bonds is 5. The third kappa shape index (κ3) is 3.27. The molecule has 3 aromatic heterocycles. The van der Waals surface area contributed by atoms with Crippen molar-refractivity contribution in [3.8, 4) is 0 Å². The molecule has 0 aliphatic rings. The number of fused-ring (bicyclic) bond motifs is 1. The van der Waals surface area contributed by atoms with Crippen molar-refractivity contribution in [3.63, 3.8) is 0 Å². The first-order valence-electron chi connectivity index (χ1n) is 8.37. The lowest BCUT2D eigenvalue weighted by Gasteiger charge is -2.08. The number of carbonyl (C=O) groups is 1. The zero-order valence-electron chi connectivity index (χ0n) is 14.8. The summed E-state index contributed by atoms with van der Waals surface area (Å²) in [5.74, 6) is -0.340. The van der Waals surface area contributed by atoms with Crippen molar-refractivity contribution < 1.29 is 13.9 Å². The zero-order valence-corrected chi connectivity index (χ0v) is 15.6. The number of hydrogen-bond donors (Lipinski definition) is 0. The standard InChI is InChI=1S/C19H15N3O5S/c1-21-17-13(9-14(28-17)18(24)27-11-15-20-7-8-26-15)16(23)22(19(21)25)10-12-5-3-2-4-6-12/h2-9H,10-11H2,1H3. The summed E-state index contributed by atoms with van der Waals surface area (Å²) < 4.78 is 12.7. The fraction of sp³-hybridized carbons (Fsp3) is 0.158. The van der Waals surface area contributed by atoms with E-state index in [0.29, 0.717) is 10.2 Å². The molecule has 4 aromatic rings. The molecule has 0 atom stereocenters. The molecular formula is C19H15N3O5S. The monoisotopic (exact) mass is 397 g/mol. The van der Waals surface area contributed by atoms with Crippen molar-refractivity contribution in [1.82, 2.24) is 14.1 Å². The van der Waals surface area contributed by atoms with E-state index in [1.165, 1.54) is 23.1 Å². The maximum Gasteiger partial charge on any atom is 0.348 e. The van der Waals surface area contributed by atoms with Crippen LogP contribution < -0.4 is 11.2 Å². The van der Waals surface area contributed by atoms with Crippen LogP contribution in [0.15, 0.2) is 62.9 Å². The first kappa shape index (κ1) is 17.9. The Morgan fingerprint density at radius 1 is 1.25 bits per heavy atom. The van der Waals surface area contributed by atoms with Crippen molar-refractivity contribution in [2.24, 2.45) is 7.05 Å². The Hall–Kier alpha value is -3.46. The molecule has 0 saturated heterocycles. The Morgan fingerprint density at radius 2 is 2.04 bits per heavy atom. The summed E-state index contributed by atoms with van der Waals surface area (Å²) in [5.41, 5.74) is -0.0466. The summed E-state index contributed by atoms with van der Waals surface area (Å²) in [5, 5.41) is 0.297. The molecule has 8 nitrogen and oxygen atoms in total. The van der Waals surface area contributed by atoms with Crippen LogP contribution in [0.4, 0.5) is 0 Å². The van der Waals surface area contributed by atoms with Gasteiger partial charge in [0.2, 0.25) is 5.89 Å². The molecule has 0 unspecified atom stereocenters. The molecule has 0 aliphatic heterocycles. The molecule has 4 rings (SSSR count). The van der Waals surface area contributed by atoms with Gasteiger partial charge in [0.05, 0.1) is 18.1 Å². The van der Waals surface area contributed by atoms with Crippen LogP contribution in [0.5, 0.6) is 0 Å². The van der Waals surface area contributed by atoms with E-state index in [0.717, 1.165) is 21.5 Å². The second-order valence-corrected chi connectivity index (χ2v) is 7.08. The summed E-state index contributed by atoms with van der Waals surface area (Å²) >= 11 is 1.04. The minimum atomic E-state index is -0.610. The first-order valence-corrected chi connectivity index (χ1v) is 9.19. The highest BCUT2D eigenvalue weighted by molar-refractivity contribution is 7.20. The molecule has 28 heavy (non-hydrogen) atoms. The average molecular weight is 397 g/mol. The predicted octanol–water partition coefficient (Wildman–Crippen LogP) is 2.15. The summed E-state index contributed by atoms with van der Waals surface area (Å²) in [4.78, 5) is 42.4.